The van der Waals surface area contributed by atoms with Gasteiger partial charge in [0.1, 0.15) is 11.6 Å². The van der Waals surface area contributed by atoms with E-state index in [1.807, 2.05) is 0 Å². The van der Waals surface area contributed by atoms with E-state index in [-0.39, 0.29) is 17.9 Å². The minimum Gasteiger partial charge on any atom is -0.397 e. The third-order valence-electron chi connectivity index (χ3n) is 1.63. The Morgan fingerprint density at radius 3 is 2.56 bits per heavy atom. The summed E-state index contributed by atoms with van der Waals surface area (Å²) in [5, 5.41) is 8.58. The summed E-state index contributed by atoms with van der Waals surface area (Å²) in [7, 11) is 0. The van der Waals surface area contributed by atoms with Crippen LogP contribution in [0.4, 0.5) is 18.9 Å². The summed E-state index contributed by atoms with van der Waals surface area (Å²) in [6.45, 7) is -0.147. The van der Waals surface area contributed by atoms with E-state index in [0.717, 1.165) is 6.07 Å². The highest BCUT2D eigenvalue weighted by atomic mass is 19.4. The second kappa shape index (κ2) is 4.24. The molecule has 4 N–H and O–H groups in total. The summed E-state index contributed by atoms with van der Waals surface area (Å²) >= 11 is 0. The lowest BCUT2D eigenvalue weighted by Gasteiger charge is -2.11. The molecule has 0 aliphatic carbocycles. The maximum Gasteiger partial charge on any atom is 0.574 e. The first-order chi connectivity index (χ1) is 7.37. The van der Waals surface area contributed by atoms with Crippen molar-refractivity contribution in [1.82, 2.24) is 4.98 Å². The molecule has 16 heavy (non-hydrogen) atoms. The maximum atomic E-state index is 12.0. The van der Waals surface area contributed by atoms with Crippen LogP contribution in [-0.4, -0.2) is 11.3 Å². The topological polar surface area (TPSA) is 98.0 Å². The molecule has 1 aromatic heterocycles. The summed E-state index contributed by atoms with van der Waals surface area (Å²) in [5.74, 6) is -0.843. The number of ether oxygens (including phenoxy) is 1. The van der Waals surface area contributed by atoms with E-state index in [2.05, 4.69) is 9.72 Å². The lowest BCUT2D eigenvalue weighted by atomic mass is 10.2. The molecule has 0 radical (unpaired) electrons. The van der Waals surface area contributed by atoms with Crippen molar-refractivity contribution in [3.63, 3.8) is 0 Å². The zero-order valence-electron chi connectivity index (χ0n) is 7.88. The number of nitrogen functional groups attached to an aromatic ring is 1. The van der Waals surface area contributed by atoms with Crippen LogP contribution in [0.1, 0.15) is 11.3 Å². The maximum absolute atomic E-state index is 12.0. The fraction of sp³-hybridized carbons (Fsp3) is 0.250. The van der Waals surface area contributed by atoms with Crippen LogP contribution in [0.3, 0.4) is 0 Å². The summed E-state index contributed by atoms with van der Waals surface area (Å²) in [4.78, 5) is 3.43. The van der Waals surface area contributed by atoms with Crippen LogP contribution in [0.2, 0.25) is 0 Å². The van der Waals surface area contributed by atoms with Crippen molar-refractivity contribution in [3.05, 3.63) is 17.3 Å². The van der Waals surface area contributed by atoms with Gasteiger partial charge in [0.05, 0.1) is 11.4 Å². The number of rotatable bonds is 2. The van der Waals surface area contributed by atoms with Crippen LogP contribution in [0.25, 0.3) is 0 Å². The van der Waals surface area contributed by atoms with Crippen LogP contribution in [0, 0.1) is 11.3 Å². The molecule has 1 aromatic rings. The zero-order valence-corrected chi connectivity index (χ0v) is 7.88. The third-order valence-corrected chi connectivity index (χ3v) is 1.63. The van der Waals surface area contributed by atoms with Gasteiger partial charge in [-0.25, -0.2) is 4.98 Å². The van der Waals surface area contributed by atoms with Crippen LogP contribution in [0.15, 0.2) is 6.07 Å². The smallest absolute Gasteiger partial charge is 0.397 e. The number of anilines is 1. The van der Waals surface area contributed by atoms with Gasteiger partial charge < -0.3 is 16.2 Å². The van der Waals surface area contributed by atoms with Crippen LogP contribution >= 0.6 is 0 Å². The molecule has 0 fully saturated rings. The van der Waals surface area contributed by atoms with E-state index >= 15 is 0 Å². The summed E-state index contributed by atoms with van der Waals surface area (Å²) in [6.07, 6.45) is -4.92. The predicted octanol–water partition coefficient (Wildman–Crippen LogP) is 0.893. The largest absolute Gasteiger partial charge is 0.574 e. The normalized spacial score (nSPS) is 10.9. The van der Waals surface area contributed by atoms with E-state index in [0.29, 0.717) is 0 Å². The Morgan fingerprint density at radius 2 is 2.12 bits per heavy atom. The first-order valence-corrected chi connectivity index (χ1v) is 4.02. The Morgan fingerprint density at radius 1 is 1.50 bits per heavy atom. The van der Waals surface area contributed by atoms with E-state index in [4.69, 9.17) is 16.7 Å². The number of hydrogen-bond acceptors (Lipinski definition) is 5. The molecule has 0 saturated heterocycles. The van der Waals surface area contributed by atoms with Crippen LogP contribution < -0.4 is 16.2 Å². The fourth-order valence-electron chi connectivity index (χ4n) is 0.979. The van der Waals surface area contributed by atoms with E-state index in [1.165, 1.54) is 6.07 Å². The molecular formula is C8H7F3N4O. The summed E-state index contributed by atoms with van der Waals surface area (Å²) in [6, 6.07) is 2.54. The fourth-order valence-corrected chi connectivity index (χ4v) is 0.979. The molecule has 0 atom stereocenters. The Balaban J connectivity index is 3.21. The van der Waals surface area contributed by atoms with Gasteiger partial charge in [0.2, 0.25) is 5.88 Å². The molecule has 1 rings (SSSR count). The van der Waals surface area contributed by atoms with Gasteiger partial charge in [-0.05, 0) is 6.07 Å². The van der Waals surface area contributed by atoms with Crippen LogP contribution in [-0.2, 0) is 6.54 Å². The van der Waals surface area contributed by atoms with Crippen molar-refractivity contribution in [2.45, 2.75) is 12.9 Å². The van der Waals surface area contributed by atoms with Gasteiger partial charge >= 0.3 is 6.36 Å². The first kappa shape index (κ1) is 12.1. The Labute approximate surface area is 88.4 Å². The van der Waals surface area contributed by atoms with E-state index < -0.39 is 17.8 Å². The molecule has 0 aliphatic heterocycles. The van der Waals surface area contributed by atoms with Crippen molar-refractivity contribution in [2.24, 2.45) is 5.73 Å². The Kier molecular flexibility index (Phi) is 3.20. The second-order valence-electron chi connectivity index (χ2n) is 2.74. The Hall–Kier alpha value is -2.01. The molecule has 0 spiro atoms. The van der Waals surface area contributed by atoms with Gasteiger partial charge in [-0.15, -0.1) is 13.2 Å². The van der Waals surface area contributed by atoms with Gasteiger partial charge in [0.25, 0.3) is 0 Å². The third kappa shape index (κ3) is 2.74. The predicted molar refractivity (Wildman–Crippen MR) is 47.9 cm³/mol. The van der Waals surface area contributed by atoms with E-state index in [9.17, 15) is 13.2 Å². The summed E-state index contributed by atoms with van der Waals surface area (Å²) < 4.78 is 39.5. The molecule has 0 aliphatic rings. The number of nitrogens with zero attached hydrogens (tertiary/aromatic N) is 2. The number of hydrogen-bond donors (Lipinski definition) is 2. The average molecular weight is 232 g/mol. The first-order valence-electron chi connectivity index (χ1n) is 4.02. The van der Waals surface area contributed by atoms with Crippen molar-refractivity contribution in [1.29, 1.82) is 5.26 Å². The van der Waals surface area contributed by atoms with Crippen LogP contribution in [0.5, 0.6) is 5.88 Å². The lowest BCUT2D eigenvalue weighted by Crippen LogP contribution is -2.20. The number of halogens is 3. The van der Waals surface area contributed by atoms with Gasteiger partial charge in [-0.3, -0.25) is 0 Å². The molecule has 0 unspecified atom stereocenters. The second-order valence-corrected chi connectivity index (χ2v) is 2.74. The number of nitrogens with two attached hydrogens (primary N) is 2. The SMILES string of the molecule is N#Cc1cc(N)c(CN)nc1OC(F)(F)F. The van der Waals surface area contributed by atoms with Crippen molar-refractivity contribution in [2.75, 3.05) is 5.73 Å². The highest BCUT2D eigenvalue weighted by molar-refractivity contribution is 5.53. The summed E-state index contributed by atoms with van der Waals surface area (Å²) in [5.41, 5.74) is 10.3. The standard InChI is InChI=1S/C8H7F3N4O/c9-8(10,11)16-7-4(2-12)1-5(14)6(3-13)15-7/h1H,3,13-14H2. The highest BCUT2D eigenvalue weighted by Crippen LogP contribution is 2.26. The number of alkyl halides is 3. The number of nitriles is 1. The molecule has 1 heterocycles. The minimum absolute atomic E-state index is 0.0400. The molecule has 0 amide bonds. The van der Waals surface area contributed by atoms with Gasteiger partial charge in [0, 0.05) is 6.54 Å². The minimum atomic E-state index is -4.92. The molecule has 0 saturated carbocycles. The molecule has 8 heteroatoms. The lowest BCUT2D eigenvalue weighted by molar-refractivity contribution is -0.276. The van der Waals surface area contributed by atoms with Crippen molar-refractivity contribution in [3.8, 4) is 11.9 Å². The highest BCUT2D eigenvalue weighted by Gasteiger charge is 2.33. The van der Waals surface area contributed by atoms with Gasteiger partial charge in [-0.2, -0.15) is 5.26 Å². The molecule has 86 valence electrons. The number of aromatic nitrogens is 1. The van der Waals surface area contributed by atoms with Crippen molar-refractivity contribution >= 4 is 5.69 Å². The molecular weight excluding hydrogens is 225 g/mol. The molecule has 0 aromatic carbocycles. The zero-order chi connectivity index (χ0) is 12.3. The monoisotopic (exact) mass is 232 g/mol. The number of pyridine rings is 1. The quantitative estimate of drug-likeness (QED) is 0.789. The molecule has 0 bridgehead atoms. The van der Waals surface area contributed by atoms with E-state index in [1.54, 1.807) is 0 Å². The van der Waals surface area contributed by atoms with Gasteiger partial charge in [-0.1, -0.05) is 0 Å². The van der Waals surface area contributed by atoms with Gasteiger partial charge in [0.15, 0.2) is 0 Å². The average Bonchev–Trinajstić information content (AvgIpc) is 2.18. The molecule has 5 nitrogen and oxygen atoms in total. The van der Waals surface area contributed by atoms with Crippen molar-refractivity contribution < 1.29 is 17.9 Å². The Bertz CT molecular complexity index is 438.